The topological polar surface area (TPSA) is 52.3 Å². The number of hydrogen-bond donors (Lipinski definition) is 1. The Morgan fingerprint density at radius 3 is 2.31 bits per heavy atom. The third-order valence-electron chi connectivity index (χ3n) is 3.67. The monoisotopic (exact) mass is 423 g/mol. The second-order valence-corrected chi connectivity index (χ2v) is 6.37. The van der Waals surface area contributed by atoms with Gasteiger partial charge in [0.15, 0.2) is 0 Å². The van der Waals surface area contributed by atoms with Crippen molar-refractivity contribution in [3.63, 3.8) is 0 Å². The normalized spacial score (nSPS) is 11.7. The lowest BCUT2D eigenvalue weighted by molar-refractivity contribution is -0.143. The fourth-order valence-electron chi connectivity index (χ4n) is 2.54. The molecule has 2 N–H and O–H groups in total. The molecule has 0 aliphatic carbocycles. The van der Waals surface area contributed by atoms with Crippen LogP contribution in [0.2, 0.25) is 10.0 Å². The maximum Gasteiger partial charge on any atom is 0.307 e. The summed E-state index contributed by atoms with van der Waals surface area (Å²) in [5.41, 5.74) is 7.29. The molecule has 0 amide bonds. The molecule has 0 spiro atoms. The van der Waals surface area contributed by atoms with Crippen LogP contribution in [0.5, 0.6) is 0 Å². The minimum Gasteiger partial charge on any atom is -0.466 e. The van der Waals surface area contributed by atoms with Crippen molar-refractivity contribution in [3.05, 3.63) is 57.1 Å². The van der Waals surface area contributed by atoms with Gasteiger partial charge in [-0.3, -0.25) is 4.79 Å². The van der Waals surface area contributed by atoms with E-state index in [0.29, 0.717) is 16.7 Å². The SMILES string of the molecule is CCOC(=O)C[C@H](N)c1cc(-c2c(Cl)cc(F)cc2Cl)cc(C)c1F.Cl. The van der Waals surface area contributed by atoms with Gasteiger partial charge in [-0.2, -0.15) is 0 Å². The molecule has 2 rings (SSSR count). The lowest BCUT2D eigenvalue weighted by Crippen LogP contribution is -2.19. The second-order valence-electron chi connectivity index (χ2n) is 5.56. The van der Waals surface area contributed by atoms with E-state index in [0.717, 1.165) is 12.1 Å². The Hall–Kier alpha value is -1.40. The Kier molecular flexibility index (Phi) is 8.28. The van der Waals surface area contributed by atoms with Crippen molar-refractivity contribution in [2.75, 3.05) is 6.61 Å². The van der Waals surface area contributed by atoms with Gasteiger partial charge >= 0.3 is 5.97 Å². The standard InChI is InChI=1S/C18H17Cl2F2NO2.ClH/c1-3-25-16(24)8-15(23)12-5-10(4-9(2)18(12)22)17-13(19)6-11(21)7-14(17)20;/h4-7,15H,3,8,23H2,1-2H3;1H/t15-;/m0./s1. The fourth-order valence-corrected chi connectivity index (χ4v) is 3.22. The van der Waals surface area contributed by atoms with Gasteiger partial charge in [0.25, 0.3) is 0 Å². The van der Waals surface area contributed by atoms with Crippen LogP contribution >= 0.6 is 35.6 Å². The van der Waals surface area contributed by atoms with Gasteiger partial charge < -0.3 is 10.5 Å². The van der Waals surface area contributed by atoms with Crippen molar-refractivity contribution in [2.45, 2.75) is 26.3 Å². The number of aryl methyl sites for hydroxylation is 1. The number of benzene rings is 2. The maximum atomic E-state index is 14.5. The highest BCUT2D eigenvalue weighted by Crippen LogP contribution is 2.38. The number of hydrogen-bond acceptors (Lipinski definition) is 3. The average molecular weight is 425 g/mol. The molecule has 0 radical (unpaired) electrons. The maximum absolute atomic E-state index is 14.5. The minimum atomic E-state index is -0.893. The zero-order chi connectivity index (χ0) is 18.7. The van der Waals surface area contributed by atoms with E-state index in [-0.39, 0.29) is 41.0 Å². The number of carbonyl (C=O) groups is 1. The van der Waals surface area contributed by atoms with Gasteiger partial charge in [-0.1, -0.05) is 23.2 Å². The molecule has 0 fully saturated rings. The quantitative estimate of drug-likeness (QED) is 0.634. The zero-order valence-corrected chi connectivity index (χ0v) is 16.4. The van der Waals surface area contributed by atoms with E-state index < -0.39 is 23.6 Å². The molecule has 2 aromatic carbocycles. The molecule has 0 unspecified atom stereocenters. The van der Waals surface area contributed by atoms with E-state index in [1.165, 1.54) is 6.07 Å². The predicted molar refractivity (Wildman–Crippen MR) is 102 cm³/mol. The number of carbonyl (C=O) groups excluding carboxylic acids is 1. The Morgan fingerprint density at radius 2 is 1.77 bits per heavy atom. The molecule has 8 heteroatoms. The van der Waals surface area contributed by atoms with Crippen molar-refractivity contribution in [3.8, 4) is 11.1 Å². The first kappa shape index (κ1) is 22.6. The molecule has 142 valence electrons. The molecular formula is C18H18Cl3F2NO2. The summed E-state index contributed by atoms with van der Waals surface area (Å²) in [6.45, 7) is 3.45. The Labute approximate surface area is 166 Å². The lowest BCUT2D eigenvalue weighted by atomic mass is 9.95. The van der Waals surface area contributed by atoms with Crippen LogP contribution in [0, 0.1) is 18.6 Å². The summed E-state index contributed by atoms with van der Waals surface area (Å²) in [6.07, 6.45) is -0.168. The predicted octanol–water partition coefficient (Wildman–Crippen LogP) is 5.62. The first-order chi connectivity index (χ1) is 11.7. The van der Waals surface area contributed by atoms with Crippen molar-refractivity contribution >= 4 is 41.6 Å². The summed E-state index contributed by atoms with van der Waals surface area (Å²) < 4.78 is 32.7. The van der Waals surface area contributed by atoms with E-state index in [1.54, 1.807) is 19.9 Å². The molecule has 0 saturated carbocycles. The molecule has 0 aromatic heterocycles. The summed E-state index contributed by atoms with van der Waals surface area (Å²) in [5.74, 6) is -1.61. The molecule has 3 nitrogen and oxygen atoms in total. The van der Waals surface area contributed by atoms with Crippen molar-refractivity contribution in [2.24, 2.45) is 5.73 Å². The third kappa shape index (κ3) is 5.07. The van der Waals surface area contributed by atoms with Gasteiger partial charge in [0.2, 0.25) is 0 Å². The molecular weight excluding hydrogens is 407 g/mol. The van der Waals surface area contributed by atoms with E-state index in [1.807, 2.05) is 0 Å². The van der Waals surface area contributed by atoms with Gasteiger partial charge in [-0.05, 0) is 49.2 Å². The van der Waals surface area contributed by atoms with Crippen LogP contribution < -0.4 is 5.73 Å². The van der Waals surface area contributed by atoms with Crippen molar-refractivity contribution in [1.29, 1.82) is 0 Å². The highest BCUT2D eigenvalue weighted by molar-refractivity contribution is 6.39. The van der Waals surface area contributed by atoms with Crippen LogP contribution in [0.1, 0.15) is 30.5 Å². The van der Waals surface area contributed by atoms with Crippen molar-refractivity contribution < 1.29 is 18.3 Å². The molecule has 26 heavy (non-hydrogen) atoms. The molecule has 0 saturated heterocycles. The highest BCUT2D eigenvalue weighted by Gasteiger charge is 2.20. The molecule has 0 aliphatic heterocycles. The fraction of sp³-hybridized carbons (Fsp3) is 0.278. The molecule has 0 bridgehead atoms. The van der Waals surface area contributed by atoms with E-state index in [2.05, 4.69) is 0 Å². The largest absolute Gasteiger partial charge is 0.466 e. The molecule has 2 aromatic rings. The van der Waals surface area contributed by atoms with Gasteiger partial charge in [-0.25, -0.2) is 8.78 Å². The lowest BCUT2D eigenvalue weighted by Gasteiger charge is -2.17. The summed E-state index contributed by atoms with van der Waals surface area (Å²) in [5, 5.41) is 0.196. The summed E-state index contributed by atoms with van der Waals surface area (Å²) in [6, 6.07) is 4.37. The van der Waals surface area contributed by atoms with Crippen LogP contribution in [0.25, 0.3) is 11.1 Å². The van der Waals surface area contributed by atoms with Crippen LogP contribution in [0.3, 0.4) is 0 Å². The van der Waals surface area contributed by atoms with Gasteiger partial charge in [0.1, 0.15) is 11.6 Å². The highest BCUT2D eigenvalue weighted by atomic mass is 35.5. The Balaban J connectivity index is 0.00000338. The Bertz CT molecular complexity index is 792. The number of esters is 1. The molecule has 0 heterocycles. The first-order valence-corrected chi connectivity index (χ1v) is 8.36. The van der Waals surface area contributed by atoms with Gasteiger partial charge in [0, 0.05) is 17.2 Å². The summed E-state index contributed by atoms with van der Waals surface area (Å²) in [7, 11) is 0. The van der Waals surface area contributed by atoms with Crippen LogP contribution in [-0.2, 0) is 9.53 Å². The smallest absolute Gasteiger partial charge is 0.307 e. The number of ether oxygens (including phenoxy) is 1. The van der Waals surface area contributed by atoms with Gasteiger partial charge in [-0.15, -0.1) is 12.4 Å². The van der Waals surface area contributed by atoms with Crippen LogP contribution in [-0.4, -0.2) is 12.6 Å². The third-order valence-corrected chi connectivity index (χ3v) is 4.27. The second kappa shape index (κ2) is 9.51. The summed E-state index contributed by atoms with van der Waals surface area (Å²) >= 11 is 12.2. The van der Waals surface area contributed by atoms with E-state index >= 15 is 0 Å². The van der Waals surface area contributed by atoms with E-state index in [9.17, 15) is 13.6 Å². The minimum absolute atomic E-state index is 0. The van der Waals surface area contributed by atoms with E-state index in [4.69, 9.17) is 33.7 Å². The number of rotatable bonds is 5. The summed E-state index contributed by atoms with van der Waals surface area (Å²) in [4.78, 5) is 11.6. The first-order valence-electron chi connectivity index (χ1n) is 7.60. The molecule has 1 atom stereocenters. The number of nitrogens with two attached hydrogens (primary N) is 1. The average Bonchev–Trinajstić information content (AvgIpc) is 2.49. The zero-order valence-electron chi connectivity index (χ0n) is 14.1. The molecule has 0 aliphatic rings. The van der Waals surface area contributed by atoms with Gasteiger partial charge in [0.05, 0.1) is 23.1 Å². The number of halogens is 5. The van der Waals surface area contributed by atoms with Crippen LogP contribution in [0.15, 0.2) is 24.3 Å². The Morgan fingerprint density at radius 1 is 1.19 bits per heavy atom. The van der Waals surface area contributed by atoms with Crippen LogP contribution in [0.4, 0.5) is 8.78 Å². The van der Waals surface area contributed by atoms with Crippen molar-refractivity contribution in [1.82, 2.24) is 0 Å².